The summed E-state index contributed by atoms with van der Waals surface area (Å²) >= 11 is 5.43. The van der Waals surface area contributed by atoms with Crippen LogP contribution in [0.2, 0.25) is 5.02 Å². The van der Waals surface area contributed by atoms with E-state index in [-0.39, 0.29) is 5.02 Å². The van der Waals surface area contributed by atoms with Gasteiger partial charge < -0.3 is 0 Å². The van der Waals surface area contributed by atoms with Crippen LogP contribution in [0.25, 0.3) is 11.1 Å². The molecule has 0 aliphatic heterocycles. The van der Waals surface area contributed by atoms with Crippen molar-refractivity contribution in [2.75, 3.05) is 0 Å². The largest absolute Gasteiger partial charge is 0.417 e. The lowest BCUT2D eigenvalue weighted by atomic mass is 9.98. The van der Waals surface area contributed by atoms with E-state index in [2.05, 4.69) is 0 Å². The molecule has 1 radical (unpaired) electrons. The molecule has 6 heteroatoms. The first kappa shape index (κ1) is 13.8. The van der Waals surface area contributed by atoms with Crippen LogP contribution in [-0.2, 0) is 6.18 Å². The number of hydrogen-bond donors (Lipinski definition) is 0. The van der Waals surface area contributed by atoms with E-state index in [1.165, 1.54) is 6.07 Å². The third-order valence-electron chi connectivity index (χ3n) is 2.42. The minimum Gasteiger partial charge on any atom is -0.206 e. The van der Waals surface area contributed by atoms with Crippen molar-refractivity contribution in [1.82, 2.24) is 0 Å². The maximum Gasteiger partial charge on any atom is 0.417 e. The SMILES string of the molecule is Fc1cc(Cl)cc(F)c1-c1ccc[c]c1C(F)(F)F. The van der Waals surface area contributed by atoms with E-state index in [0.717, 1.165) is 24.3 Å². The van der Waals surface area contributed by atoms with Gasteiger partial charge in [0, 0.05) is 10.6 Å². The fourth-order valence-electron chi connectivity index (χ4n) is 1.68. The highest BCUT2D eigenvalue weighted by Gasteiger charge is 2.35. The molecule has 0 heterocycles. The third-order valence-corrected chi connectivity index (χ3v) is 2.63. The van der Waals surface area contributed by atoms with Crippen LogP contribution in [0.3, 0.4) is 0 Å². The van der Waals surface area contributed by atoms with Gasteiger partial charge in [0.15, 0.2) is 0 Å². The lowest BCUT2D eigenvalue weighted by molar-refractivity contribution is -0.137. The lowest BCUT2D eigenvalue weighted by Crippen LogP contribution is -2.08. The fourth-order valence-corrected chi connectivity index (χ4v) is 1.87. The molecule has 99 valence electrons. The molecule has 0 amide bonds. The summed E-state index contributed by atoms with van der Waals surface area (Å²) in [6, 6.07) is 6.69. The van der Waals surface area contributed by atoms with E-state index in [9.17, 15) is 22.0 Å². The minimum absolute atomic E-state index is 0.229. The molecule has 0 bridgehead atoms. The zero-order valence-electron chi connectivity index (χ0n) is 9.15. The summed E-state index contributed by atoms with van der Waals surface area (Å²) in [4.78, 5) is 0. The van der Waals surface area contributed by atoms with E-state index >= 15 is 0 Å². The van der Waals surface area contributed by atoms with E-state index in [4.69, 9.17) is 11.6 Å². The van der Waals surface area contributed by atoms with Crippen molar-refractivity contribution in [3.63, 3.8) is 0 Å². The van der Waals surface area contributed by atoms with Crippen molar-refractivity contribution in [3.05, 3.63) is 58.6 Å². The Morgan fingerprint density at radius 3 is 2.16 bits per heavy atom. The predicted octanol–water partition coefficient (Wildman–Crippen LogP) is 5.10. The highest BCUT2D eigenvalue weighted by atomic mass is 35.5. The highest BCUT2D eigenvalue weighted by molar-refractivity contribution is 6.30. The molecule has 0 aliphatic rings. The molecule has 0 spiro atoms. The summed E-state index contributed by atoms with van der Waals surface area (Å²) < 4.78 is 65.6. The van der Waals surface area contributed by atoms with Crippen LogP contribution >= 0.6 is 11.6 Å². The quantitative estimate of drug-likeness (QED) is 0.641. The number of halogens is 6. The predicted molar refractivity (Wildman–Crippen MR) is 60.6 cm³/mol. The standard InChI is InChI=1S/C13H5ClF5/c14-7-5-10(15)12(11(16)6-7)8-3-1-2-4-9(8)13(17,18)19/h1-3,5-6H. The summed E-state index contributed by atoms with van der Waals surface area (Å²) in [7, 11) is 0. The molecule has 0 aromatic heterocycles. The summed E-state index contributed by atoms with van der Waals surface area (Å²) in [5.74, 6) is -2.31. The summed E-state index contributed by atoms with van der Waals surface area (Å²) in [5, 5.41) is -0.229. The van der Waals surface area contributed by atoms with Crippen LogP contribution in [0.1, 0.15) is 5.56 Å². The second-order valence-corrected chi connectivity index (χ2v) is 4.14. The molecule has 0 fully saturated rings. The van der Waals surface area contributed by atoms with Crippen molar-refractivity contribution in [3.8, 4) is 11.1 Å². The van der Waals surface area contributed by atoms with Crippen LogP contribution in [0, 0.1) is 17.7 Å². The van der Waals surface area contributed by atoms with Crippen molar-refractivity contribution >= 4 is 11.6 Å². The molecule has 0 N–H and O–H groups in total. The van der Waals surface area contributed by atoms with Gasteiger partial charge in [0.1, 0.15) is 11.6 Å². The molecular formula is C13H5ClF5. The Kier molecular flexibility index (Phi) is 3.49. The van der Waals surface area contributed by atoms with E-state index in [1.54, 1.807) is 0 Å². The Bertz CT molecular complexity index is 596. The van der Waals surface area contributed by atoms with E-state index in [0.29, 0.717) is 0 Å². The van der Waals surface area contributed by atoms with Crippen molar-refractivity contribution in [1.29, 1.82) is 0 Å². The fraction of sp³-hybridized carbons (Fsp3) is 0.0769. The Morgan fingerprint density at radius 1 is 1.05 bits per heavy atom. The second-order valence-electron chi connectivity index (χ2n) is 3.70. The van der Waals surface area contributed by atoms with Crippen molar-refractivity contribution in [2.45, 2.75) is 6.18 Å². The van der Waals surface area contributed by atoms with Crippen LogP contribution in [0.5, 0.6) is 0 Å². The molecule has 2 aromatic rings. The summed E-state index contributed by atoms with van der Waals surface area (Å²) in [5.41, 5.74) is -2.61. The maximum atomic E-state index is 13.7. The Labute approximate surface area is 110 Å². The monoisotopic (exact) mass is 291 g/mol. The van der Waals surface area contributed by atoms with Crippen LogP contribution in [0.15, 0.2) is 30.3 Å². The number of rotatable bonds is 1. The second kappa shape index (κ2) is 4.81. The Hall–Kier alpha value is -1.62. The normalized spacial score (nSPS) is 11.7. The van der Waals surface area contributed by atoms with Gasteiger partial charge in [-0.25, -0.2) is 8.78 Å². The van der Waals surface area contributed by atoms with Gasteiger partial charge in [-0.2, -0.15) is 13.2 Å². The van der Waals surface area contributed by atoms with Crippen LogP contribution < -0.4 is 0 Å². The average Bonchev–Trinajstić information content (AvgIpc) is 2.26. The van der Waals surface area contributed by atoms with Gasteiger partial charge in [-0.1, -0.05) is 29.8 Å². The van der Waals surface area contributed by atoms with Crippen molar-refractivity contribution < 1.29 is 22.0 Å². The first-order chi connectivity index (χ1) is 8.80. The summed E-state index contributed by atoms with van der Waals surface area (Å²) in [6.07, 6.45) is -4.75. The highest BCUT2D eigenvalue weighted by Crippen LogP contribution is 2.39. The molecule has 0 saturated carbocycles. The molecular weight excluding hydrogens is 287 g/mol. The number of alkyl halides is 3. The van der Waals surface area contributed by atoms with E-state index < -0.39 is 34.5 Å². The maximum absolute atomic E-state index is 13.7. The summed E-state index contributed by atoms with van der Waals surface area (Å²) in [6.45, 7) is 0. The minimum atomic E-state index is -4.75. The molecule has 0 saturated heterocycles. The molecule has 2 rings (SSSR count). The molecule has 0 nitrogen and oxygen atoms in total. The first-order valence-corrected chi connectivity index (χ1v) is 5.41. The first-order valence-electron chi connectivity index (χ1n) is 5.03. The molecule has 19 heavy (non-hydrogen) atoms. The van der Waals surface area contributed by atoms with Crippen molar-refractivity contribution in [2.24, 2.45) is 0 Å². The number of hydrogen-bond acceptors (Lipinski definition) is 0. The van der Waals surface area contributed by atoms with Crippen LogP contribution in [0.4, 0.5) is 22.0 Å². The van der Waals surface area contributed by atoms with Crippen LogP contribution in [-0.4, -0.2) is 0 Å². The van der Waals surface area contributed by atoms with E-state index in [1.807, 2.05) is 6.07 Å². The zero-order valence-corrected chi connectivity index (χ0v) is 9.91. The molecule has 0 aliphatic carbocycles. The molecule has 0 atom stereocenters. The smallest absolute Gasteiger partial charge is 0.206 e. The molecule has 2 aromatic carbocycles. The van der Waals surface area contributed by atoms with Gasteiger partial charge in [0.05, 0.1) is 11.1 Å². The zero-order chi connectivity index (χ0) is 14.2. The third kappa shape index (κ3) is 2.71. The van der Waals surface area contributed by atoms with Gasteiger partial charge in [0.2, 0.25) is 0 Å². The Balaban J connectivity index is 2.74. The lowest BCUT2D eigenvalue weighted by Gasteiger charge is -2.13. The number of benzene rings is 2. The van der Waals surface area contributed by atoms with Gasteiger partial charge in [0.25, 0.3) is 0 Å². The van der Waals surface area contributed by atoms with Gasteiger partial charge >= 0.3 is 6.18 Å². The Morgan fingerprint density at radius 2 is 1.63 bits per heavy atom. The average molecular weight is 292 g/mol. The molecule has 0 unspecified atom stereocenters. The van der Waals surface area contributed by atoms with Gasteiger partial charge in [-0.3, -0.25) is 0 Å². The van der Waals surface area contributed by atoms with Gasteiger partial charge in [-0.05, 0) is 18.2 Å². The topological polar surface area (TPSA) is 0 Å². The van der Waals surface area contributed by atoms with Gasteiger partial charge in [-0.15, -0.1) is 0 Å².